The van der Waals surface area contributed by atoms with Crippen molar-refractivity contribution in [2.45, 2.75) is 13.5 Å². The standard InChI is InChI=1S/C8H7N3O3/c1-5-2-7(12)11(8(5)13)3-6-9-4-14-10-6/h2,4H,3H2,1H3. The van der Waals surface area contributed by atoms with Gasteiger partial charge in [0.05, 0.1) is 6.54 Å². The van der Waals surface area contributed by atoms with Gasteiger partial charge in [-0.05, 0) is 6.92 Å². The molecule has 2 rings (SSSR count). The van der Waals surface area contributed by atoms with Gasteiger partial charge >= 0.3 is 0 Å². The zero-order valence-electron chi connectivity index (χ0n) is 7.43. The summed E-state index contributed by atoms with van der Waals surface area (Å²) >= 11 is 0. The van der Waals surface area contributed by atoms with Gasteiger partial charge in [0.1, 0.15) is 0 Å². The first-order chi connectivity index (χ1) is 6.68. The van der Waals surface area contributed by atoms with E-state index in [4.69, 9.17) is 0 Å². The number of hydrogen-bond acceptors (Lipinski definition) is 5. The van der Waals surface area contributed by atoms with E-state index in [1.54, 1.807) is 6.92 Å². The number of hydrogen-bond donors (Lipinski definition) is 0. The molecule has 2 heterocycles. The Hall–Kier alpha value is -1.98. The molecule has 72 valence electrons. The molecule has 1 aromatic rings. The monoisotopic (exact) mass is 193 g/mol. The van der Waals surface area contributed by atoms with Gasteiger partial charge in [-0.3, -0.25) is 14.5 Å². The van der Waals surface area contributed by atoms with E-state index in [-0.39, 0.29) is 18.4 Å². The van der Waals surface area contributed by atoms with Gasteiger partial charge < -0.3 is 4.52 Å². The van der Waals surface area contributed by atoms with E-state index in [1.807, 2.05) is 0 Å². The molecule has 0 spiro atoms. The molecule has 0 radical (unpaired) electrons. The van der Waals surface area contributed by atoms with Crippen molar-refractivity contribution in [3.63, 3.8) is 0 Å². The van der Waals surface area contributed by atoms with Gasteiger partial charge in [-0.1, -0.05) is 5.16 Å². The lowest BCUT2D eigenvalue weighted by atomic mass is 10.3. The molecule has 0 saturated heterocycles. The van der Waals surface area contributed by atoms with Crippen LogP contribution in [0.2, 0.25) is 0 Å². The Morgan fingerprint density at radius 2 is 2.29 bits per heavy atom. The molecule has 0 N–H and O–H groups in total. The highest BCUT2D eigenvalue weighted by Gasteiger charge is 2.29. The summed E-state index contributed by atoms with van der Waals surface area (Å²) in [6.07, 6.45) is 2.45. The quantitative estimate of drug-likeness (QED) is 0.612. The summed E-state index contributed by atoms with van der Waals surface area (Å²) in [7, 11) is 0. The smallest absolute Gasteiger partial charge is 0.256 e. The fraction of sp³-hybridized carbons (Fsp3) is 0.250. The summed E-state index contributed by atoms with van der Waals surface area (Å²) in [5.74, 6) is -0.327. The third kappa shape index (κ3) is 1.30. The Balaban J connectivity index is 2.15. The van der Waals surface area contributed by atoms with Crippen LogP contribution in [0.3, 0.4) is 0 Å². The third-order valence-electron chi connectivity index (χ3n) is 1.89. The Bertz CT molecular complexity index is 407. The molecule has 0 saturated carbocycles. The van der Waals surface area contributed by atoms with Crippen LogP contribution in [0.15, 0.2) is 22.6 Å². The van der Waals surface area contributed by atoms with Crippen molar-refractivity contribution in [2.24, 2.45) is 0 Å². The largest absolute Gasteiger partial charge is 0.343 e. The first-order valence-corrected chi connectivity index (χ1v) is 3.98. The molecule has 0 fully saturated rings. The van der Waals surface area contributed by atoms with Crippen LogP contribution in [0.5, 0.6) is 0 Å². The maximum absolute atomic E-state index is 11.4. The van der Waals surface area contributed by atoms with Crippen molar-refractivity contribution in [3.8, 4) is 0 Å². The second-order valence-corrected chi connectivity index (χ2v) is 2.90. The average Bonchev–Trinajstić information content (AvgIpc) is 2.71. The zero-order chi connectivity index (χ0) is 10.1. The summed E-state index contributed by atoms with van der Waals surface area (Å²) in [4.78, 5) is 27.5. The van der Waals surface area contributed by atoms with Gasteiger partial charge in [0.15, 0.2) is 5.82 Å². The molecule has 2 amide bonds. The Morgan fingerprint density at radius 1 is 1.50 bits per heavy atom. The molecule has 0 aromatic carbocycles. The summed E-state index contributed by atoms with van der Waals surface area (Å²) < 4.78 is 4.49. The van der Waals surface area contributed by atoms with E-state index in [0.29, 0.717) is 11.4 Å². The van der Waals surface area contributed by atoms with Gasteiger partial charge in [-0.25, -0.2) is 0 Å². The zero-order valence-corrected chi connectivity index (χ0v) is 7.43. The van der Waals surface area contributed by atoms with Crippen LogP contribution >= 0.6 is 0 Å². The first-order valence-electron chi connectivity index (χ1n) is 3.98. The van der Waals surface area contributed by atoms with E-state index in [9.17, 15) is 9.59 Å². The molecular weight excluding hydrogens is 186 g/mol. The highest BCUT2D eigenvalue weighted by atomic mass is 16.5. The van der Waals surface area contributed by atoms with Crippen molar-refractivity contribution < 1.29 is 14.1 Å². The minimum absolute atomic E-state index is 0.0575. The minimum Gasteiger partial charge on any atom is -0.343 e. The van der Waals surface area contributed by atoms with E-state index in [2.05, 4.69) is 14.7 Å². The lowest BCUT2D eigenvalue weighted by Crippen LogP contribution is -2.30. The van der Waals surface area contributed by atoms with Gasteiger partial charge in [0.2, 0.25) is 6.39 Å². The van der Waals surface area contributed by atoms with Crippen LogP contribution in [0.4, 0.5) is 0 Å². The summed E-state index contributed by atoms with van der Waals surface area (Å²) in [6, 6.07) is 0. The molecule has 1 aliphatic heterocycles. The van der Waals surface area contributed by atoms with Gasteiger partial charge in [-0.15, -0.1) is 0 Å². The fourth-order valence-electron chi connectivity index (χ4n) is 1.19. The summed E-state index contributed by atoms with van der Waals surface area (Å²) in [5.41, 5.74) is 0.429. The van der Waals surface area contributed by atoms with Crippen LogP contribution < -0.4 is 0 Å². The van der Waals surface area contributed by atoms with Crippen molar-refractivity contribution in [1.29, 1.82) is 0 Å². The molecule has 0 bridgehead atoms. The van der Waals surface area contributed by atoms with Crippen LogP contribution in [0.25, 0.3) is 0 Å². The van der Waals surface area contributed by atoms with Crippen molar-refractivity contribution in [3.05, 3.63) is 23.9 Å². The summed E-state index contributed by atoms with van der Waals surface area (Å²) in [6.45, 7) is 1.65. The maximum Gasteiger partial charge on any atom is 0.256 e. The molecule has 1 aromatic heterocycles. The lowest BCUT2D eigenvalue weighted by molar-refractivity contribution is -0.138. The van der Waals surface area contributed by atoms with Crippen molar-refractivity contribution in [2.75, 3.05) is 0 Å². The second kappa shape index (κ2) is 3.06. The third-order valence-corrected chi connectivity index (χ3v) is 1.89. The number of nitrogens with zero attached hydrogens (tertiary/aromatic N) is 3. The molecular formula is C8H7N3O3. The number of aromatic nitrogens is 2. The Morgan fingerprint density at radius 3 is 2.79 bits per heavy atom. The lowest BCUT2D eigenvalue weighted by Gasteiger charge is -2.10. The summed E-state index contributed by atoms with van der Waals surface area (Å²) in [5, 5.41) is 3.52. The Labute approximate surface area is 79.2 Å². The molecule has 6 nitrogen and oxygen atoms in total. The molecule has 0 aliphatic carbocycles. The molecule has 6 heteroatoms. The van der Waals surface area contributed by atoms with E-state index in [0.717, 1.165) is 11.3 Å². The second-order valence-electron chi connectivity index (χ2n) is 2.90. The first kappa shape index (κ1) is 8.61. The van der Waals surface area contributed by atoms with Gasteiger partial charge in [0.25, 0.3) is 11.8 Å². The number of carbonyl (C=O) groups is 2. The topological polar surface area (TPSA) is 76.3 Å². The van der Waals surface area contributed by atoms with Crippen LogP contribution in [-0.2, 0) is 16.1 Å². The van der Waals surface area contributed by atoms with Crippen molar-refractivity contribution >= 4 is 11.8 Å². The average molecular weight is 193 g/mol. The normalized spacial score (nSPS) is 16.4. The van der Waals surface area contributed by atoms with Crippen LogP contribution in [0.1, 0.15) is 12.7 Å². The molecule has 0 unspecified atom stereocenters. The predicted molar refractivity (Wildman–Crippen MR) is 43.6 cm³/mol. The number of carbonyl (C=O) groups excluding carboxylic acids is 2. The number of amides is 2. The van der Waals surface area contributed by atoms with E-state index >= 15 is 0 Å². The fourth-order valence-corrected chi connectivity index (χ4v) is 1.19. The Kier molecular flexibility index (Phi) is 1.88. The molecule has 14 heavy (non-hydrogen) atoms. The molecule has 1 aliphatic rings. The predicted octanol–water partition coefficient (Wildman–Crippen LogP) is -0.115. The minimum atomic E-state index is -0.336. The van der Waals surface area contributed by atoms with E-state index < -0.39 is 0 Å². The maximum atomic E-state index is 11.4. The van der Waals surface area contributed by atoms with Gasteiger partial charge in [0, 0.05) is 11.6 Å². The van der Waals surface area contributed by atoms with Crippen LogP contribution in [-0.4, -0.2) is 26.9 Å². The number of rotatable bonds is 2. The van der Waals surface area contributed by atoms with Gasteiger partial charge in [-0.2, -0.15) is 4.98 Å². The van der Waals surface area contributed by atoms with Crippen LogP contribution in [0, 0.1) is 0 Å². The highest BCUT2D eigenvalue weighted by molar-refractivity contribution is 6.15. The van der Waals surface area contributed by atoms with Crippen molar-refractivity contribution in [1.82, 2.24) is 15.0 Å². The number of imide groups is 1. The SMILES string of the molecule is CC1=CC(=O)N(Cc2ncon2)C1=O. The molecule has 0 atom stereocenters. The van der Waals surface area contributed by atoms with E-state index in [1.165, 1.54) is 6.08 Å². The highest BCUT2D eigenvalue weighted by Crippen LogP contribution is 2.13.